The summed E-state index contributed by atoms with van der Waals surface area (Å²) in [6.07, 6.45) is 2.18. The van der Waals surface area contributed by atoms with Crippen molar-refractivity contribution in [3.63, 3.8) is 0 Å². The average Bonchev–Trinajstić information content (AvgIpc) is 2.56. The number of hydrogen-bond acceptors (Lipinski definition) is 4. The monoisotopic (exact) mass is 363 g/mol. The van der Waals surface area contributed by atoms with Crippen LogP contribution in [0.1, 0.15) is 12.5 Å². The maximum absolute atomic E-state index is 13.5. The van der Waals surface area contributed by atoms with E-state index in [9.17, 15) is 17.6 Å². The number of sulfonamides is 1. The van der Waals surface area contributed by atoms with E-state index in [2.05, 4.69) is 10.5 Å². The smallest absolute Gasteiger partial charge is 0.263 e. The minimum absolute atomic E-state index is 0.207. The summed E-state index contributed by atoms with van der Waals surface area (Å²) < 4.78 is 38.6. The van der Waals surface area contributed by atoms with Crippen LogP contribution in [-0.2, 0) is 14.8 Å². The van der Waals surface area contributed by atoms with Crippen LogP contribution in [0.2, 0.25) is 0 Å². The second-order valence-corrected chi connectivity index (χ2v) is 7.19. The Morgan fingerprint density at radius 2 is 1.76 bits per heavy atom. The third-order valence-corrected chi connectivity index (χ3v) is 4.62. The molecule has 6 nitrogen and oxygen atoms in total. The van der Waals surface area contributed by atoms with Crippen LogP contribution in [0.5, 0.6) is 0 Å². The van der Waals surface area contributed by atoms with Gasteiger partial charge in [-0.1, -0.05) is 36.4 Å². The van der Waals surface area contributed by atoms with E-state index in [0.717, 1.165) is 16.8 Å². The van der Waals surface area contributed by atoms with Gasteiger partial charge in [0, 0.05) is 5.56 Å². The van der Waals surface area contributed by atoms with Gasteiger partial charge in [0.05, 0.1) is 18.2 Å². The topological polar surface area (TPSA) is 78.8 Å². The number of carbonyl (C=O) groups excluding carboxylic acids is 1. The number of nitrogens with zero attached hydrogens (tertiary/aromatic N) is 2. The van der Waals surface area contributed by atoms with E-state index >= 15 is 0 Å². The number of anilines is 1. The Bertz CT molecular complexity index is 870. The Balaban J connectivity index is 2.15. The molecular weight excluding hydrogens is 345 g/mol. The molecule has 0 bridgehead atoms. The van der Waals surface area contributed by atoms with Crippen LogP contribution in [-0.4, -0.2) is 32.8 Å². The number of carbonyl (C=O) groups is 1. The lowest BCUT2D eigenvalue weighted by Gasteiger charge is -2.27. The van der Waals surface area contributed by atoms with Gasteiger partial charge in [0.15, 0.2) is 0 Å². The number of hydrogen-bond donors (Lipinski definition) is 1. The molecule has 0 aliphatic rings. The van der Waals surface area contributed by atoms with Crippen LogP contribution >= 0.6 is 0 Å². The first-order valence-electron chi connectivity index (χ1n) is 7.42. The Kier molecular flexibility index (Phi) is 5.87. The summed E-state index contributed by atoms with van der Waals surface area (Å²) in [5.41, 5.74) is 2.81. The second kappa shape index (κ2) is 7.89. The lowest BCUT2D eigenvalue weighted by molar-refractivity contribution is -0.121. The first kappa shape index (κ1) is 18.6. The Morgan fingerprint density at radius 1 is 1.16 bits per heavy atom. The van der Waals surface area contributed by atoms with Crippen molar-refractivity contribution < 1.29 is 17.6 Å². The van der Waals surface area contributed by atoms with E-state index in [-0.39, 0.29) is 5.56 Å². The molecule has 0 aromatic heterocycles. The molecule has 0 heterocycles. The predicted octanol–water partition coefficient (Wildman–Crippen LogP) is 2.13. The summed E-state index contributed by atoms with van der Waals surface area (Å²) in [6.45, 7) is 1.45. The zero-order valence-electron chi connectivity index (χ0n) is 13.8. The fraction of sp³-hybridized carbons (Fsp3) is 0.176. The van der Waals surface area contributed by atoms with Crippen molar-refractivity contribution in [1.29, 1.82) is 0 Å². The van der Waals surface area contributed by atoms with Crippen LogP contribution in [0.15, 0.2) is 59.7 Å². The van der Waals surface area contributed by atoms with Gasteiger partial charge < -0.3 is 0 Å². The molecule has 1 amide bonds. The van der Waals surface area contributed by atoms with E-state index in [1.807, 2.05) is 0 Å². The van der Waals surface area contributed by atoms with Gasteiger partial charge in [-0.2, -0.15) is 5.10 Å². The highest BCUT2D eigenvalue weighted by molar-refractivity contribution is 7.92. The zero-order valence-corrected chi connectivity index (χ0v) is 14.6. The number of halogens is 1. The molecule has 2 aromatic carbocycles. The summed E-state index contributed by atoms with van der Waals surface area (Å²) in [4.78, 5) is 12.3. The van der Waals surface area contributed by atoms with Gasteiger partial charge in [-0.05, 0) is 25.1 Å². The van der Waals surface area contributed by atoms with Crippen molar-refractivity contribution in [1.82, 2.24) is 5.43 Å². The second-order valence-electron chi connectivity index (χ2n) is 5.33. The van der Waals surface area contributed by atoms with Crippen LogP contribution in [0, 0.1) is 5.82 Å². The van der Waals surface area contributed by atoms with Crippen LogP contribution < -0.4 is 9.73 Å². The van der Waals surface area contributed by atoms with Gasteiger partial charge in [0.2, 0.25) is 10.0 Å². The Hall–Kier alpha value is -2.74. The number of hydrazone groups is 1. The molecule has 0 fully saturated rings. The number of benzene rings is 2. The highest BCUT2D eigenvalue weighted by atomic mass is 32.2. The summed E-state index contributed by atoms with van der Waals surface area (Å²) in [5.74, 6) is -1.11. The van der Waals surface area contributed by atoms with Crippen molar-refractivity contribution in [2.45, 2.75) is 13.0 Å². The quantitative estimate of drug-likeness (QED) is 0.631. The van der Waals surface area contributed by atoms with Crippen molar-refractivity contribution in [2.24, 2.45) is 5.10 Å². The molecule has 132 valence electrons. The van der Waals surface area contributed by atoms with Crippen molar-refractivity contribution in [3.8, 4) is 0 Å². The first-order valence-corrected chi connectivity index (χ1v) is 9.27. The third kappa shape index (κ3) is 4.87. The van der Waals surface area contributed by atoms with Gasteiger partial charge >= 0.3 is 0 Å². The first-order chi connectivity index (χ1) is 11.8. The zero-order chi connectivity index (χ0) is 18.4. The highest BCUT2D eigenvalue weighted by Crippen LogP contribution is 2.20. The lowest BCUT2D eigenvalue weighted by Crippen LogP contribution is -2.46. The number of rotatable bonds is 6. The van der Waals surface area contributed by atoms with Gasteiger partial charge in [0.25, 0.3) is 5.91 Å². The Labute approximate surface area is 146 Å². The number of para-hydroxylation sites is 1. The SMILES string of the molecule is C[C@@H](C(=O)N/N=C\c1ccccc1F)N(c1ccccc1)S(C)(=O)=O. The molecule has 0 aliphatic carbocycles. The molecule has 0 unspecified atom stereocenters. The van der Waals surface area contributed by atoms with Crippen molar-refractivity contribution in [2.75, 3.05) is 10.6 Å². The van der Waals surface area contributed by atoms with Crippen LogP contribution in [0.3, 0.4) is 0 Å². The van der Waals surface area contributed by atoms with Gasteiger partial charge in [-0.15, -0.1) is 0 Å². The molecule has 0 aliphatic heterocycles. The van der Waals surface area contributed by atoms with E-state index in [0.29, 0.717) is 5.69 Å². The van der Waals surface area contributed by atoms with Crippen molar-refractivity contribution >= 4 is 27.8 Å². The summed E-state index contributed by atoms with van der Waals surface area (Å²) in [7, 11) is -3.69. The molecule has 1 atom stereocenters. The predicted molar refractivity (Wildman–Crippen MR) is 95.4 cm³/mol. The molecule has 0 saturated heterocycles. The summed E-state index contributed by atoms with van der Waals surface area (Å²) >= 11 is 0. The van der Waals surface area contributed by atoms with Gasteiger partial charge in [0.1, 0.15) is 11.9 Å². The van der Waals surface area contributed by atoms with Crippen molar-refractivity contribution in [3.05, 3.63) is 66.0 Å². The van der Waals surface area contributed by atoms with Crippen LogP contribution in [0.25, 0.3) is 0 Å². The van der Waals surface area contributed by atoms with E-state index < -0.39 is 27.8 Å². The largest absolute Gasteiger partial charge is 0.271 e. The summed E-state index contributed by atoms with van der Waals surface area (Å²) in [6, 6.07) is 13.2. The Morgan fingerprint density at radius 3 is 2.36 bits per heavy atom. The number of amides is 1. The molecular formula is C17H18FN3O3S. The minimum atomic E-state index is -3.69. The molecule has 1 N–H and O–H groups in total. The average molecular weight is 363 g/mol. The molecule has 2 aromatic rings. The maximum Gasteiger partial charge on any atom is 0.263 e. The molecule has 0 saturated carbocycles. The fourth-order valence-electron chi connectivity index (χ4n) is 2.22. The molecule has 25 heavy (non-hydrogen) atoms. The fourth-order valence-corrected chi connectivity index (χ4v) is 3.40. The summed E-state index contributed by atoms with van der Waals surface area (Å²) in [5, 5.41) is 3.70. The lowest BCUT2D eigenvalue weighted by atomic mass is 10.2. The van der Waals surface area contributed by atoms with E-state index in [1.54, 1.807) is 36.4 Å². The standard InChI is InChI=1S/C17H18FN3O3S/c1-13(21(25(2,23)24)15-9-4-3-5-10-15)17(22)20-19-12-14-8-6-7-11-16(14)18/h3-13H,1-2H3,(H,20,22)/b19-12-/t13-/m0/s1. The normalized spacial score (nSPS) is 12.8. The van der Waals surface area contributed by atoms with Gasteiger partial charge in [-0.3, -0.25) is 9.10 Å². The maximum atomic E-state index is 13.5. The molecule has 0 radical (unpaired) electrons. The highest BCUT2D eigenvalue weighted by Gasteiger charge is 2.28. The third-order valence-electron chi connectivity index (χ3n) is 3.38. The molecule has 8 heteroatoms. The van der Waals surface area contributed by atoms with E-state index in [1.165, 1.54) is 25.1 Å². The minimum Gasteiger partial charge on any atom is -0.271 e. The van der Waals surface area contributed by atoms with E-state index in [4.69, 9.17) is 0 Å². The number of nitrogens with one attached hydrogen (secondary N) is 1. The molecule has 0 spiro atoms. The molecule has 2 rings (SSSR count). The van der Waals surface area contributed by atoms with Gasteiger partial charge in [-0.25, -0.2) is 18.2 Å². The van der Waals surface area contributed by atoms with Crippen LogP contribution in [0.4, 0.5) is 10.1 Å².